The second-order valence-electron chi connectivity index (χ2n) is 11.4. The normalized spacial score (nSPS) is 19.5. The smallest absolute Gasteiger partial charge is 0.187 e. The van der Waals surface area contributed by atoms with Crippen LogP contribution in [0.4, 0.5) is 4.39 Å². The van der Waals surface area contributed by atoms with Gasteiger partial charge in [-0.25, -0.2) is 14.4 Å². The van der Waals surface area contributed by atoms with Gasteiger partial charge < -0.3 is 0 Å². The molecule has 3 aliphatic rings. The molecule has 0 atom stereocenters. The van der Waals surface area contributed by atoms with Gasteiger partial charge in [-0.05, 0) is 39.9 Å². The van der Waals surface area contributed by atoms with Crippen LogP contribution in [0.3, 0.4) is 0 Å². The molecule has 1 aromatic heterocycles. The predicted octanol–water partition coefficient (Wildman–Crippen LogP) is 9.23. The van der Waals surface area contributed by atoms with Gasteiger partial charge in [-0.3, -0.25) is 0 Å². The molecule has 0 aliphatic heterocycles. The molecular formula is C40H25FN2. The Morgan fingerprint density at radius 1 is 0.395 bits per heavy atom. The summed E-state index contributed by atoms with van der Waals surface area (Å²) in [6, 6.07) is 50.8. The van der Waals surface area contributed by atoms with Crippen molar-refractivity contribution < 1.29 is 4.39 Å². The fourth-order valence-corrected chi connectivity index (χ4v) is 7.51. The van der Waals surface area contributed by atoms with Crippen molar-refractivity contribution in [2.45, 2.75) is 11.1 Å². The van der Waals surface area contributed by atoms with Crippen LogP contribution in [0.25, 0.3) is 33.4 Å². The van der Waals surface area contributed by atoms with Gasteiger partial charge in [0.15, 0.2) is 5.67 Å². The maximum absolute atomic E-state index is 17.8. The quantitative estimate of drug-likeness (QED) is 0.218. The van der Waals surface area contributed by atoms with E-state index in [9.17, 15) is 0 Å². The highest BCUT2D eigenvalue weighted by atomic mass is 19.1. The minimum Gasteiger partial charge on any atom is -0.247 e. The molecule has 0 N–H and O–H groups in total. The van der Waals surface area contributed by atoms with Crippen LogP contribution < -0.4 is 0 Å². The van der Waals surface area contributed by atoms with E-state index in [0.717, 1.165) is 55.8 Å². The Morgan fingerprint density at radius 2 is 0.860 bits per heavy atom. The Bertz CT molecular complexity index is 2090. The first-order valence-electron chi connectivity index (χ1n) is 14.6. The number of nitrogens with zero attached hydrogens (tertiary/aromatic N) is 2. The van der Waals surface area contributed by atoms with Crippen molar-refractivity contribution in [3.8, 4) is 22.4 Å². The van der Waals surface area contributed by atoms with Crippen LogP contribution in [0.15, 0.2) is 152 Å². The third-order valence-electron chi connectivity index (χ3n) is 9.28. The van der Waals surface area contributed by atoms with Crippen LogP contribution in [0.1, 0.15) is 39.1 Å². The van der Waals surface area contributed by atoms with E-state index < -0.39 is 11.1 Å². The van der Waals surface area contributed by atoms with Crippen LogP contribution in [-0.4, -0.2) is 9.97 Å². The van der Waals surface area contributed by atoms with Crippen molar-refractivity contribution in [3.63, 3.8) is 0 Å². The van der Waals surface area contributed by atoms with Gasteiger partial charge >= 0.3 is 0 Å². The monoisotopic (exact) mass is 552 g/mol. The van der Waals surface area contributed by atoms with Crippen molar-refractivity contribution >= 4 is 11.0 Å². The summed E-state index contributed by atoms with van der Waals surface area (Å²) >= 11 is 0. The number of fused-ring (bicyclic) bond motifs is 1. The molecular weight excluding hydrogens is 527 g/mol. The fraction of sp³-hybridized carbons (Fsp3) is 0.0500. The highest BCUT2D eigenvalue weighted by molar-refractivity contribution is 5.87. The minimum atomic E-state index is -1.76. The van der Waals surface area contributed by atoms with Gasteiger partial charge in [-0.15, -0.1) is 0 Å². The van der Waals surface area contributed by atoms with E-state index >= 15 is 4.39 Å². The Morgan fingerprint density at radius 3 is 1.40 bits per heavy atom. The van der Waals surface area contributed by atoms with Gasteiger partial charge in [0.1, 0.15) is 0 Å². The highest BCUT2D eigenvalue weighted by Gasteiger charge is 2.61. The molecule has 3 aliphatic carbocycles. The molecule has 0 spiro atoms. The number of halogens is 1. The van der Waals surface area contributed by atoms with Gasteiger partial charge in [0.05, 0.1) is 27.8 Å². The zero-order chi connectivity index (χ0) is 28.6. The van der Waals surface area contributed by atoms with Crippen molar-refractivity contribution in [1.82, 2.24) is 9.97 Å². The summed E-state index contributed by atoms with van der Waals surface area (Å²) in [6.45, 7) is 0. The van der Waals surface area contributed by atoms with Crippen LogP contribution in [0.2, 0.25) is 0 Å². The number of hydrogen-bond acceptors (Lipinski definition) is 2. The predicted molar refractivity (Wildman–Crippen MR) is 170 cm³/mol. The second-order valence-corrected chi connectivity index (χ2v) is 11.4. The third-order valence-corrected chi connectivity index (χ3v) is 9.28. The fourth-order valence-electron chi connectivity index (χ4n) is 7.51. The molecule has 0 saturated heterocycles. The number of benzene rings is 6. The lowest BCUT2D eigenvalue weighted by atomic mass is 9.50. The van der Waals surface area contributed by atoms with Crippen LogP contribution in [0, 0.1) is 0 Å². The van der Waals surface area contributed by atoms with E-state index in [4.69, 9.17) is 9.97 Å². The van der Waals surface area contributed by atoms with E-state index in [1.54, 1.807) is 0 Å². The summed E-state index contributed by atoms with van der Waals surface area (Å²) < 4.78 is 17.8. The Kier molecular flexibility index (Phi) is 4.95. The van der Waals surface area contributed by atoms with Gasteiger partial charge in [-0.1, -0.05) is 140 Å². The average molecular weight is 553 g/mol. The summed E-state index contributed by atoms with van der Waals surface area (Å²) in [6.07, 6.45) is 0. The molecule has 10 rings (SSSR count). The number of aromatic nitrogens is 2. The molecule has 1 heterocycles. The van der Waals surface area contributed by atoms with Gasteiger partial charge in [0, 0.05) is 22.3 Å². The first kappa shape index (κ1) is 24.2. The van der Waals surface area contributed by atoms with Crippen molar-refractivity contribution in [3.05, 3.63) is 191 Å². The third kappa shape index (κ3) is 3.11. The molecule has 2 bridgehead atoms. The molecule has 0 radical (unpaired) electrons. The molecule has 0 saturated carbocycles. The second kappa shape index (κ2) is 8.80. The van der Waals surface area contributed by atoms with Crippen molar-refractivity contribution in [2.75, 3.05) is 0 Å². The van der Waals surface area contributed by atoms with Crippen molar-refractivity contribution in [2.24, 2.45) is 0 Å². The zero-order valence-corrected chi connectivity index (χ0v) is 23.2. The maximum Gasteiger partial charge on any atom is 0.187 e. The van der Waals surface area contributed by atoms with E-state index in [2.05, 4.69) is 60.7 Å². The van der Waals surface area contributed by atoms with Gasteiger partial charge in [0.2, 0.25) is 0 Å². The SMILES string of the molecule is FC12c3ccccc3C(c3nc4ccc(-c5ccccc5)cc4nc3-c3ccccc3)(c3ccccc31)c1ccccc12. The molecule has 202 valence electrons. The molecule has 2 nitrogen and oxygen atoms in total. The molecule has 7 aromatic rings. The van der Waals surface area contributed by atoms with Crippen molar-refractivity contribution in [1.29, 1.82) is 0 Å². The highest BCUT2D eigenvalue weighted by Crippen LogP contribution is 2.65. The molecule has 0 amide bonds. The van der Waals surface area contributed by atoms with E-state index in [1.807, 2.05) is 91.0 Å². The average Bonchev–Trinajstić information content (AvgIpc) is 3.09. The largest absolute Gasteiger partial charge is 0.247 e. The first-order chi connectivity index (χ1) is 21.2. The van der Waals surface area contributed by atoms with Gasteiger partial charge in [0.25, 0.3) is 0 Å². The number of alkyl halides is 1. The number of hydrogen-bond donors (Lipinski definition) is 0. The van der Waals surface area contributed by atoms with E-state index in [0.29, 0.717) is 16.7 Å². The lowest BCUT2D eigenvalue weighted by Gasteiger charge is -2.53. The lowest BCUT2D eigenvalue weighted by Crippen LogP contribution is -2.50. The zero-order valence-electron chi connectivity index (χ0n) is 23.2. The molecule has 6 aromatic carbocycles. The van der Waals surface area contributed by atoms with E-state index in [-0.39, 0.29) is 0 Å². The standard InChI is InChI=1S/C40H25FN2/c41-40-32-20-10-7-17-29(32)39(30-18-8-11-21-33(30)40,31-19-9-12-22-34(31)40)38-37(27-15-5-2-6-16-27)42-36-25-28(23-24-35(36)43-38)26-13-3-1-4-14-26/h1-25H. The lowest BCUT2D eigenvalue weighted by molar-refractivity contribution is 0.249. The van der Waals surface area contributed by atoms with E-state index in [1.165, 1.54) is 0 Å². The Balaban J connectivity index is 1.45. The van der Waals surface area contributed by atoms with Crippen LogP contribution >= 0.6 is 0 Å². The number of rotatable bonds is 3. The first-order valence-corrected chi connectivity index (χ1v) is 14.6. The molecule has 3 heteroatoms. The van der Waals surface area contributed by atoms with Crippen LogP contribution in [0.5, 0.6) is 0 Å². The summed E-state index contributed by atoms with van der Waals surface area (Å²) in [4.78, 5) is 10.9. The summed E-state index contributed by atoms with van der Waals surface area (Å²) in [7, 11) is 0. The topological polar surface area (TPSA) is 25.8 Å². The molecule has 43 heavy (non-hydrogen) atoms. The minimum absolute atomic E-state index is 0.674. The summed E-state index contributed by atoms with van der Waals surface area (Å²) in [5.74, 6) is 0. The molecule has 0 fully saturated rings. The summed E-state index contributed by atoms with van der Waals surface area (Å²) in [5, 5.41) is 0. The van der Waals surface area contributed by atoms with Gasteiger partial charge in [-0.2, -0.15) is 0 Å². The Hall–Kier alpha value is -5.41. The molecule has 0 unspecified atom stereocenters. The maximum atomic E-state index is 17.8. The van der Waals surface area contributed by atoms with Crippen LogP contribution in [-0.2, 0) is 11.1 Å². The summed E-state index contributed by atoms with van der Waals surface area (Å²) in [5.41, 5.74) is 8.59. The Labute approximate surface area is 249 Å².